The molecule has 0 radical (unpaired) electrons. The highest BCUT2D eigenvalue weighted by molar-refractivity contribution is 6.06. The van der Waals surface area contributed by atoms with Gasteiger partial charge in [-0.15, -0.1) is 0 Å². The van der Waals surface area contributed by atoms with Crippen LogP contribution in [0.15, 0.2) is 0 Å². The van der Waals surface area contributed by atoms with E-state index in [1.165, 1.54) is 4.90 Å². The summed E-state index contributed by atoms with van der Waals surface area (Å²) in [5.41, 5.74) is -1.38. The van der Waals surface area contributed by atoms with Gasteiger partial charge in [0.2, 0.25) is 11.8 Å². The third-order valence-electron chi connectivity index (χ3n) is 5.49. The predicted octanol–water partition coefficient (Wildman–Crippen LogP) is 2.49. The lowest BCUT2D eigenvalue weighted by Crippen LogP contribution is -2.46. The van der Waals surface area contributed by atoms with Crippen molar-refractivity contribution in [2.45, 2.75) is 71.3 Å². The lowest BCUT2D eigenvalue weighted by Gasteiger charge is -2.35. The summed E-state index contributed by atoms with van der Waals surface area (Å²) in [6.45, 7) is 6.16. The van der Waals surface area contributed by atoms with Crippen molar-refractivity contribution in [2.24, 2.45) is 11.3 Å². The fraction of sp³-hybridized carbons (Fsp3) is 0.875. The molecule has 1 saturated carbocycles. The van der Waals surface area contributed by atoms with E-state index in [4.69, 9.17) is 0 Å². The summed E-state index contributed by atoms with van der Waals surface area (Å²) in [5.74, 6) is 0.528. The van der Waals surface area contributed by atoms with Gasteiger partial charge in [-0.2, -0.15) is 0 Å². The minimum atomic E-state index is -0.932. The number of hydrogen-bond donors (Lipinski definition) is 1. The number of hydrogen-bond acceptors (Lipinski definition) is 3. The van der Waals surface area contributed by atoms with E-state index in [1.54, 1.807) is 0 Å². The van der Waals surface area contributed by atoms with Gasteiger partial charge in [-0.05, 0) is 44.4 Å². The van der Waals surface area contributed by atoms with Gasteiger partial charge in [-0.3, -0.25) is 14.5 Å². The first kappa shape index (κ1) is 15.5. The summed E-state index contributed by atoms with van der Waals surface area (Å²) >= 11 is 0. The molecule has 2 rings (SSSR count). The molecular formula is C16H27NO3. The second-order valence-corrected chi connectivity index (χ2v) is 6.86. The van der Waals surface area contributed by atoms with Gasteiger partial charge in [0, 0.05) is 6.42 Å². The number of β-amino-alcohol motifs (C(OH)–C–C–N with tert-alkyl or cyclic N) is 1. The van der Waals surface area contributed by atoms with Crippen molar-refractivity contribution >= 4 is 11.8 Å². The molecule has 1 heterocycles. The molecule has 2 aliphatic rings. The van der Waals surface area contributed by atoms with E-state index in [0.29, 0.717) is 25.2 Å². The van der Waals surface area contributed by atoms with Crippen LogP contribution in [0.5, 0.6) is 0 Å². The summed E-state index contributed by atoms with van der Waals surface area (Å²) < 4.78 is 0. The van der Waals surface area contributed by atoms with Crippen molar-refractivity contribution in [1.29, 1.82) is 0 Å². The average molecular weight is 281 g/mol. The Morgan fingerprint density at radius 3 is 2.30 bits per heavy atom. The van der Waals surface area contributed by atoms with Gasteiger partial charge in [0.25, 0.3) is 0 Å². The maximum atomic E-state index is 12.7. The highest BCUT2D eigenvalue weighted by Crippen LogP contribution is 2.47. The normalized spacial score (nSPS) is 31.4. The van der Waals surface area contributed by atoms with E-state index in [-0.39, 0.29) is 18.4 Å². The minimum absolute atomic E-state index is 0.0327. The van der Waals surface area contributed by atoms with Crippen LogP contribution in [0.3, 0.4) is 0 Å². The van der Waals surface area contributed by atoms with Crippen LogP contribution in [0, 0.1) is 11.3 Å². The van der Waals surface area contributed by atoms with Gasteiger partial charge in [0.1, 0.15) is 0 Å². The van der Waals surface area contributed by atoms with Gasteiger partial charge < -0.3 is 5.11 Å². The number of carbonyl (C=O) groups is 2. The van der Waals surface area contributed by atoms with Crippen molar-refractivity contribution in [3.05, 3.63) is 0 Å². The van der Waals surface area contributed by atoms with Crippen LogP contribution in [0.25, 0.3) is 0 Å². The molecule has 1 saturated heterocycles. The Bertz CT molecular complexity index is 393. The zero-order valence-corrected chi connectivity index (χ0v) is 12.9. The maximum Gasteiger partial charge on any atom is 0.236 e. The van der Waals surface area contributed by atoms with Crippen LogP contribution in [0.2, 0.25) is 0 Å². The minimum Gasteiger partial charge on any atom is -0.388 e. The zero-order valence-electron chi connectivity index (χ0n) is 12.9. The molecule has 1 N–H and O–H groups in total. The highest BCUT2D eigenvalue weighted by atomic mass is 16.3. The van der Waals surface area contributed by atoms with Gasteiger partial charge in [-0.25, -0.2) is 0 Å². The Kier molecular flexibility index (Phi) is 4.24. The van der Waals surface area contributed by atoms with E-state index >= 15 is 0 Å². The molecule has 114 valence electrons. The number of aliphatic hydroxyl groups is 1. The SMILES string of the molecule is CCC(O)(CC)CN1C(=O)CC2(CCC(C)CC2)C1=O. The Balaban J connectivity index is 2.13. The number of rotatable bonds is 4. The first-order chi connectivity index (χ1) is 9.36. The number of carbonyl (C=O) groups excluding carboxylic acids is 2. The van der Waals surface area contributed by atoms with E-state index in [1.807, 2.05) is 13.8 Å². The lowest BCUT2D eigenvalue weighted by molar-refractivity contribution is -0.146. The summed E-state index contributed by atoms with van der Waals surface area (Å²) in [7, 11) is 0. The van der Waals surface area contributed by atoms with E-state index < -0.39 is 11.0 Å². The van der Waals surface area contributed by atoms with E-state index in [2.05, 4.69) is 6.92 Å². The van der Waals surface area contributed by atoms with Gasteiger partial charge in [-0.1, -0.05) is 20.8 Å². The molecule has 2 fully saturated rings. The summed E-state index contributed by atoms with van der Waals surface area (Å²) in [5, 5.41) is 10.4. The summed E-state index contributed by atoms with van der Waals surface area (Å²) in [6, 6.07) is 0. The monoisotopic (exact) mass is 281 g/mol. The first-order valence-corrected chi connectivity index (χ1v) is 7.93. The summed E-state index contributed by atoms with van der Waals surface area (Å²) in [6.07, 6.45) is 5.17. The highest BCUT2D eigenvalue weighted by Gasteiger charge is 2.53. The smallest absolute Gasteiger partial charge is 0.236 e. The van der Waals surface area contributed by atoms with Crippen LogP contribution in [-0.2, 0) is 9.59 Å². The first-order valence-electron chi connectivity index (χ1n) is 7.93. The average Bonchev–Trinajstić information content (AvgIpc) is 2.67. The standard InChI is InChI=1S/C16H27NO3/c1-4-16(20,5-2)11-17-13(18)10-15(14(17)19)8-6-12(3)7-9-15/h12,20H,4-11H2,1-3H3. The van der Waals surface area contributed by atoms with Gasteiger partial charge >= 0.3 is 0 Å². The van der Waals surface area contributed by atoms with Crippen LogP contribution < -0.4 is 0 Å². The van der Waals surface area contributed by atoms with Crippen LogP contribution in [0.1, 0.15) is 65.7 Å². The Morgan fingerprint density at radius 1 is 1.25 bits per heavy atom. The summed E-state index contributed by atoms with van der Waals surface area (Å²) in [4.78, 5) is 26.3. The number of imide groups is 1. The second kappa shape index (κ2) is 5.47. The molecule has 0 bridgehead atoms. The number of likely N-dealkylation sites (tertiary alicyclic amines) is 1. The molecule has 2 amide bonds. The lowest BCUT2D eigenvalue weighted by atomic mass is 9.70. The van der Waals surface area contributed by atoms with Gasteiger partial charge in [0.15, 0.2) is 0 Å². The number of amides is 2. The topological polar surface area (TPSA) is 57.6 Å². The van der Waals surface area contributed by atoms with Crippen molar-refractivity contribution in [2.75, 3.05) is 6.54 Å². The van der Waals surface area contributed by atoms with Crippen LogP contribution in [-0.4, -0.2) is 34.0 Å². The maximum absolute atomic E-state index is 12.7. The molecule has 0 unspecified atom stereocenters. The van der Waals surface area contributed by atoms with Crippen molar-refractivity contribution in [1.82, 2.24) is 4.90 Å². The molecule has 1 aliphatic carbocycles. The zero-order chi connectivity index (χ0) is 15.0. The van der Waals surface area contributed by atoms with E-state index in [9.17, 15) is 14.7 Å². The molecule has 0 atom stereocenters. The third-order valence-corrected chi connectivity index (χ3v) is 5.49. The molecular weight excluding hydrogens is 254 g/mol. The van der Waals surface area contributed by atoms with Gasteiger partial charge in [0.05, 0.1) is 17.6 Å². The molecule has 0 aromatic rings. The molecule has 4 heteroatoms. The Labute approximate surface area is 121 Å². The Hall–Kier alpha value is -0.900. The van der Waals surface area contributed by atoms with Crippen molar-refractivity contribution < 1.29 is 14.7 Å². The third kappa shape index (κ3) is 2.62. The molecule has 1 spiro atoms. The Morgan fingerprint density at radius 2 is 1.80 bits per heavy atom. The largest absolute Gasteiger partial charge is 0.388 e. The number of nitrogens with zero attached hydrogens (tertiary/aromatic N) is 1. The molecule has 0 aromatic carbocycles. The predicted molar refractivity (Wildman–Crippen MR) is 76.9 cm³/mol. The van der Waals surface area contributed by atoms with Crippen LogP contribution >= 0.6 is 0 Å². The van der Waals surface area contributed by atoms with Crippen molar-refractivity contribution in [3.8, 4) is 0 Å². The molecule has 0 aromatic heterocycles. The fourth-order valence-corrected chi connectivity index (χ4v) is 3.49. The molecule has 1 aliphatic heterocycles. The molecule has 20 heavy (non-hydrogen) atoms. The van der Waals surface area contributed by atoms with Crippen molar-refractivity contribution in [3.63, 3.8) is 0 Å². The van der Waals surface area contributed by atoms with E-state index in [0.717, 1.165) is 25.7 Å². The van der Waals surface area contributed by atoms with Crippen LogP contribution in [0.4, 0.5) is 0 Å². The quantitative estimate of drug-likeness (QED) is 0.805. The fourth-order valence-electron chi connectivity index (χ4n) is 3.49. The molecule has 4 nitrogen and oxygen atoms in total. The second-order valence-electron chi connectivity index (χ2n) is 6.86.